The molecule has 7 heteroatoms. The number of nitrogens with zero attached hydrogens (tertiary/aromatic N) is 1. The monoisotopic (exact) mass is 381 g/mol. The van der Waals surface area contributed by atoms with Crippen LogP contribution in [0.25, 0.3) is 0 Å². The Bertz CT molecular complexity index is 882. The van der Waals surface area contributed by atoms with Crippen LogP contribution in [0.1, 0.15) is 24.0 Å². The molecule has 1 aliphatic rings. The zero-order valence-corrected chi connectivity index (χ0v) is 15.9. The van der Waals surface area contributed by atoms with E-state index in [1.54, 1.807) is 6.07 Å². The second kappa shape index (κ2) is 8.56. The second-order valence-corrected chi connectivity index (χ2v) is 6.70. The second-order valence-electron chi connectivity index (χ2n) is 6.70. The van der Waals surface area contributed by atoms with Crippen molar-refractivity contribution in [1.82, 2.24) is 10.2 Å². The number of anilines is 1. The minimum Gasteiger partial charge on any atom is -0.495 e. The van der Waals surface area contributed by atoms with Crippen molar-refractivity contribution < 1.29 is 19.1 Å². The fourth-order valence-electron chi connectivity index (χ4n) is 3.10. The average molecular weight is 381 g/mol. The number of methoxy groups -OCH3 is 1. The topological polar surface area (TPSA) is 87.7 Å². The number of hydrogen-bond acceptors (Lipinski definition) is 4. The number of nitrogens with one attached hydrogen (secondary N) is 2. The summed E-state index contributed by atoms with van der Waals surface area (Å²) in [6.07, 6.45) is 0.336. The molecule has 0 radical (unpaired) electrons. The first kappa shape index (κ1) is 19.4. The van der Waals surface area contributed by atoms with E-state index in [2.05, 4.69) is 10.6 Å². The number of imide groups is 1. The van der Waals surface area contributed by atoms with E-state index in [-0.39, 0.29) is 31.2 Å². The Morgan fingerprint density at radius 2 is 1.93 bits per heavy atom. The highest BCUT2D eigenvalue weighted by molar-refractivity contribution is 6.04. The Labute approximate surface area is 163 Å². The Morgan fingerprint density at radius 3 is 2.64 bits per heavy atom. The summed E-state index contributed by atoms with van der Waals surface area (Å²) in [4.78, 5) is 38.1. The molecule has 1 atom stereocenters. The lowest BCUT2D eigenvalue weighted by atomic mass is 10.1. The number of ether oxygens (including phenoxy) is 1. The molecule has 28 heavy (non-hydrogen) atoms. The third kappa shape index (κ3) is 4.49. The fourth-order valence-corrected chi connectivity index (χ4v) is 3.10. The van der Waals surface area contributed by atoms with Gasteiger partial charge in [-0.2, -0.15) is 0 Å². The number of amides is 4. The van der Waals surface area contributed by atoms with Crippen molar-refractivity contribution in [3.8, 4) is 5.75 Å². The van der Waals surface area contributed by atoms with Gasteiger partial charge < -0.3 is 15.4 Å². The molecule has 7 nitrogen and oxygen atoms in total. The van der Waals surface area contributed by atoms with Crippen LogP contribution < -0.4 is 15.4 Å². The highest BCUT2D eigenvalue weighted by atomic mass is 16.5. The van der Waals surface area contributed by atoms with Gasteiger partial charge in [-0.15, -0.1) is 0 Å². The summed E-state index contributed by atoms with van der Waals surface area (Å²) in [5, 5.41) is 5.46. The van der Waals surface area contributed by atoms with Crippen LogP contribution in [0.3, 0.4) is 0 Å². The molecule has 1 heterocycles. The van der Waals surface area contributed by atoms with Crippen molar-refractivity contribution in [2.45, 2.75) is 32.4 Å². The lowest BCUT2D eigenvalue weighted by molar-refractivity contribution is -0.128. The minimum absolute atomic E-state index is 0.104. The third-order valence-corrected chi connectivity index (χ3v) is 4.58. The molecule has 0 saturated carbocycles. The summed E-state index contributed by atoms with van der Waals surface area (Å²) in [6, 6.07) is 13.7. The summed E-state index contributed by atoms with van der Waals surface area (Å²) < 4.78 is 5.25. The first-order chi connectivity index (χ1) is 13.5. The molecule has 2 aromatic carbocycles. The summed E-state index contributed by atoms with van der Waals surface area (Å²) >= 11 is 0. The Balaban J connectivity index is 1.56. The number of benzene rings is 2. The van der Waals surface area contributed by atoms with Gasteiger partial charge in [-0.05, 0) is 36.6 Å². The molecule has 4 amide bonds. The van der Waals surface area contributed by atoms with Crippen molar-refractivity contribution in [1.29, 1.82) is 0 Å². The van der Waals surface area contributed by atoms with E-state index >= 15 is 0 Å². The van der Waals surface area contributed by atoms with Crippen LogP contribution in [0.5, 0.6) is 5.75 Å². The number of carbonyl (C=O) groups is 3. The van der Waals surface area contributed by atoms with E-state index < -0.39 is 12.1 Å². The molecule has 0 bridgehead atoms. The highest BCUT2D eigenvalue weighted by Gasteiger charge is 2.37. The van der Waals surface area contributed by atoms with E-state index in [0.717, 1.165) is 11.1 Å². The number of carbonyl (C=O) groups excluding carboxylic acids is 3. The number of rotatable bonds is 7. The van der Waals surface area contributed by atoms with Crippen LogP contribution in [-0.2, 0) is 16.1 Å². The lowest BCUT2D eigenvalue weighted by Gasteiger charge is -2.13. The first-order valence-electron chi connectivity index (χ1n) is 9.08. The van der Waals surface area contributed by atoms with Gasteiger partial charge in [-0.3, -0.25) is 14.5 Å². The standard InChI is InChI=1S/C21H23N3O4/c1-14-8-10-18(28-2)17(12-14)22-19(25)11-9-16-20(26)24(21(27)23-16)13-15-6-4-3-5-7-15/h3-8,10,12,16H,9,11,13H2,1-2H3,(H,22,25)(H,23,27). The van der Waals surface area contributed by atoms with Crippen molar-refractivity contribution in [3.05, 3.63) is 59.7 Å². The molecule has 146 valence electrons. The largest absolute Gasteiger partial charge is 0.495 e. The van der Waals surface area contributed by atoms with E-state index in [0.29, 0.717) is 11.4 Å². The smallest absolute Gasteiger partial charge is 0.325 e. The fraction of sp³-hybridized carbons (Fsp3) is 0.286. The van der Waals surface area contributed by atoms with Crippen molar-refractivity contribution in [2.24, 2.45) is 0 Å². The lowest BCUT2D eigenvalue weighted by Crippen LogP contribution is -2.31. The van der Waals surface area contributed by atoms with Crippen LogP contribution in [0.4, 0.5) is 10.5 Å². The van der Waals surface area contributed by atoms with Crippen molar-refractivity contribution >= 4 is 23.5 Å². The molecule has 1 aliphatic heterocycles. The molecule has 2 aromatic rings. The minimum atomic E-state index is -0.693. The first-order valence-corrected chi connectivity index (χ1v) is 9.08. The zero-order chi connectivity index (χ0) is 20.1. The van der Waals surface area contributed by atoms with Crippen LogP contribution in [0, 0.1) is 6.92 Å². The molecular formula is C21H23N3O4. The summed E-state index contributed by atoms with van der Waals surface area (Å²) in [6.45, 7) is 2.14. The van der Waals surface area contributed by atoms with Gasteiger partial charge in [0.05, 0.1) is 19.3 Å². The van der Waals surface area contributed by atoms with E-state index in [9.17, 15) is 14.4 Å². The normalized spacial score (nSPS) is 16.1. The van der Waals surface area contributed by atoms with Crippen LogP contribution in [0.2, 0.25) is 0 Å². The van der Waals surface area contributed by atoms with Gasteiger partial charge in [-0.1, -0.05) is 36.4 Å². The van der Waals surface area contributed by atoms with Crippen molar-refractivity contribution in [2.75, 3.05) is 12.4 Å². The van der Waals surface area contributed by atoms with Gasteiger partial charge in [-0.25, -0.2) is 4.79 Å². The Morgan fingerprint density at radius 1 is 1.18 bits per heavy atom. The zero-order valence-electron chi connectivity index (χ0n) is 15.9. The quantitative estimate of drug-likeness (QED) is 0.722. The van der Waals surface area contributed by atoms with Crippen molar-refractivity contribution in [3.63, 3.8) is 0 Å². The Hall–Kier alpha value is -3.35. The van der Waals surface area contributed by atoms with Gasteiger partial charge in [0.25, 0.3) is 5.91 Å². The molecule has 1 fully saturated rings. The molecule has 0 spiro atoms. The Kier molecular flexibility index (Phi) is 5.93. The molecule has 1 unspecified atom stereocenters. The molecule has 0 aliphatic carbocycles. The van der Waals surface area contributed by atoms with Gasteiger partial charge in [0.15, 0.2) is 0 Å². The maximum atomic E-state index is 12.5. The summed E-state index contributed by atoms with van der Waals surface area (Å²) in [7, 11) is 1.54. The van der Waals surface area contributed by atoms with Gasteiger partial charge in [0, 0.05) is 6.42 Å². The SMILES string of the molecule is COc1ccc(C)cc1NC(=O)CCC1NC(=O)N(Cc2ccccc2)C1=O. The third-order valence-electron chi connectivity index (χ3n) is 4.58. The highest BCUT2D eigenvalue weighted by Crippen LogP contribution is 2.25. The predicted octanol–water partition coefficient (Wildman–Crippen LogP) is 2.84. The molecule has 3 rings (SSSR count). The average Bonchev–Trinajstić information content (AvgIpc) is 2.95. The van der Waals surface area contributed by atoms with Gasteiger partial charge >= 0.3 is 6.03 Å². The molecule has 1 saturated heterocycles. The number of hydrogen-bond donors (Lipinski definition) is 2. The van der Waals surface area contributed by atoms with E-state index in [1.807, 2.05) is 49.4 Å². The molecular weight excluding hydrogens is 358 g/mol. The summed E-state index contributed by atoms with van der Waals surface area (Å²) in [5.41, 5.74) is 2.45. The number of urea groups is 1. The van der Waals surface area contributed by atoms with Gasteiger partial charge in [0.2, 0.25) is 5.91 Å². The summed E-state index contributed by atoms with van der Waals surface area (Å²) in [5.74, 6) is 0.0143. The maximum absolute atomic E-state index is 12.5. The maximum Gasteiger partial charge on any atom is 0.325 e. The van der Waals surface area contributed by atoms with E-state index in [1.165, 1.54) is 12.0 Å². The van der Waals surface area contributed by atoms with Gasteiger partial charge in [0.1, 0.15) is 11.8 Å². The van der Waals surface area contributed by atoms with Crippen LogP contribution >= 0.6 is 0 Å². The number of aryl methyl sites for hydroxylation is 1. The predicted molar refractivity (Wildman–Crippen MR) is 105 cm³/mol. The van der Waals surface area contributed by atoms with E-state index in [4.69, 9.17) is 4.74 Å². The van der Waals surface area contributed by atoms with Crippen LogP contribution in [-0.4, -0.2) is 35.9 Å². The molecule has 0 aromatic heterocycles. The van der Waals surface area contributed by atoms with Crippen LogP contribution in [0.15, 0.2) is 48.5 Å². The molecule has 2 N–H and O–H groups in total.